The highest BCUT2D eigenvalue weighted by Crippen LogP contribution is 2.32. The Morgan fingerprint density at radius 1 is 0.973 bits per heavy atom. The van der Waals surface area contributed by atoms with Crippen molar-refractivity contribution in [2.24, 2.45) is 0 Å². The first-order valence-corrected chi connectivity index (χ1v) is 13.2. The second kappa shape index (κ2) is 13.8. The van der Waals surface area contributed by atoms with Gasteiger partial charge in [0.05, 0.1) is 49.1 Å². The summed E-state index contributed by atoms with van der Waals surface area (Å²) in [5, 5.41) is 19.1. The van der Waals surface area contributed by atoms with Crippen molar-refractivity contribution in [2.45, 2.75) is 11.0 Å². The third kappa shape index (κ3) is 8.02. The number of benzene rings is 3. The van der Waals surface area contributed by atoms with E-state index in [4.69, 9.17) is 14.6 Å². The fourth-order valence-corrected chi connectivity index (χ4v) is 5.33. The summed E-state index contributed by atoms with van der Waals surface area (Å²) in [4.78, 5) is 12.4. The third-order valence-electron chi connectivity index (χ3n) is 5.66. The van der Waals surface area contributed by atoms with Crippen molar-refractivity contribution in [1.82, 2.24) is 4.90 Å². The van der Waals surface area contributed by atoms with E-state index in [1.807, 2.05) is 0 Å². The van der Waals surface area contributed by atoms with E-state index >= 15 is 0 Å². The SMILES string of the molecule is COc1ccccc1N(CC(O)CN1CCOCC1)S(=O)(=O)c1ccccc1.O=C(O)c1ccccc1. The molecule has 0 radical (unpaired) electrons. The Kier molecular flexibility index (Phi) is 10.5. The average molecular weight is 529 g/mol. The van der Waals surface area contributed by atoms with Crippen molar-refractivity contribution < 1.29 is 32.9 Å². The van der Waals surface area contributed by atoms with Crippen LogP contribution in [-0.2, 0) is 14.8 Å². The van der Waals surface area contributed by atoms with Crippen molar-refractivity contribution in [3.05, 3.63) is 90.5 Å². The maximum atomic E-state index is 13.4. The van der Waals surface area contributed by atoms with Gasteiger partial charge in [-0.2, -0.15) is 0 Å². The summed E-state index contributed by atoms with van der Waals surface area (Å²) in [6, 6.07) is 23.4. The van der Waals surface area contributed by atoms with Crippen LogP contribution in [0, 0.1) is 0 Å². The van der Waals surface area contributed by atoms with E-state index in [1.165, 1.54) is 11.4 Å². The van der Waals surface area contributed by atoms with Crippen LogP contribution in [0.15, 0.2) is 89.8 Å². The Bertz CT molecular complexity index is 1220. The zero-order valence-electron chi connectivity index (χ0n) is 20.6. The standard InChI is InChI=1S/C20H26N2O5S.C7H6O2/c1-26-20-10-6-5-9-19(20)22(28(24,25)18-7-3-2-4-8-18)16-17(23)15-21-11-13-27-14-12-21;8-7(9)6-4-2-1-3-5-6/h2-10,17,23H,11-16H2,1H3;1-5H,(H,8,9). The smallest absolute Gasteiger partial charge is 0.335 e. The number of nitrogens with zero attached hydrogens (tertiary/aromatic N) is 2. The number of aliphatic hydroxyl groups is 1. The molecule has 3 aromatic rings. The molecule has 1 heterocycles. The highest BCUT2D eigenvalue weighted by atomic mass is 32.2. The molecule has 10 heteroatoms. The lowest BCUT2D eigenvalue weighted by Gasteiger charge is -2.32. The maximum absolute atomic E-state index is 13.4. The van der Waals surface area contributed by atoms with Gasteiger partial charge in [-0.25, -0.2) is 13.2 Å². The van der Waals surface area contributed by atoms with Gasteiger partial charge in [-0.15, -0.1) is 0 Å². The first-order valence-electron chi connectivity index (χ1n) is 11.8. The van der Waals surface area contributed by atoms with E-state index in [9.17, 15) is 18.3 Å². The van der Waals surface area contributed by atoms with Crippen LogP contribution < -0.4 is 9.04 Å². The number of methoxy groups -OCH3 is 1. The molecular formula is C27H32N2O7S. The molecule has 4 rings (SSSR count). The van der Waals surface area contributed by atoms with Gasteiger partial charge in [-0.1, -0.05) is 48.5 Å². The summed E-state index contributed by atoms with van der Waals surface area (Å²) < 4.78 is 38.6. The number of carboxylic acids is 1. The fourth-order valence-electron chi connectivity index (χ4n) is 3.79. The molecule has 0 aromatic heterocycles. The van der Waals surface area contributed by atoms with E-state index in [-0.39, 0.29) is 11.4 Å². The summed E-state index contributed by atoms with van der Waals surface area (Å²) in [7, 11) is -2.38. The van der Waals surface area contributed by atoms with Crippen LogP contribution in [0.4, 0.5) is 5.69 Å². The molecule has 9 nitrogen and oxygen atoms in total. The van der Waals surface area contributed by atoms with Gasteiger partial charge in [-0.05, 0) is 36.4 Å². The molecule has 0 amide bonds. The quantitative estimate of drug-likeness (QED) is 0.436. The normalized spacial score (nSPS) is 14.6. The monoisotopic (exact) mass is 528 g/mol. The van der Waals surface area contributed by atoms with Crippen LogP contribution in [0.2, 0.25) is 0 Å². The lowest BCUT2D eigenvalue weighted by molar-refractivity contribution is 0.0166. The summed E-state index contributed by atoms with van der Waals surface area (Å²) >= 11 is 0. The predicted molar refractivity (Wildman–Crippen MR) is 141 cm³/mol. The molecule has 1 atom stereocenters. The number of hydrogen-bond donors (Lipinski definition) is 2. The van der Waals surface area contributed by atoms with Crippen molar-refractivity contribution in [1.29, 1.82) is 0 Å². The molecule has 1 aliphatic rings. The summed E-state index contributed by atoms with van der Waals surface area (Å²) in [5.74, 6) is -0.448. The van der Waals surface area contributed by atoms with Gasteiger partial charge >= 0.3 is 5.97 Å². The minimum absolute atomic E-state index is 0.0744. The van der Waals surface area contributed by atoms with Crippen molar-refractivity contribution >= 4 is 21.7 Å². The second-order valence-electron chi connectivity index (χ2n) is 8.26. The summed E-state index contributed by atoms with van der Waals surface area (Å²) in [5.41, 5.74) is 0.729. The third-order valence-corrected chi connectivity index (χ3v) is 7.45. The van der Waals surface area contributed by atoms with Crippen LogP contribution in [0.1, 0.15) is 10.4 Å². The molecular weight excluding hydrogens is 496 g/mol. The molecule has 0 bridgehead atoms. The number of carbonyl (C=O) groups is 1. The van der Waals surface area contributed by atoms with Gasteiger partial charge in [0.15, 0.2) is 0 Å². The average Bonchev–Trinajstić information content (AvgIpc) is 2.93. The number of carboxylic acid groups (broad SMARTS) is 1. The molecule has 37 heavy (non-hydrogen) atoms. The number of rotatable bonds is 9. The largest absolute Gasteiger partial charge is 0.495 e. The number of aromatic carboxylic acids is 1. The van der Waals surface area contributed by atoms with Gasteiger partial charge < -0.3 is 19.7 Å². The first kappa shape index (κ1) is 28.1. The Morgan fingerprint density at radius 2 is 1.54 bits per heavy atom. The number of ether oxygens (including phenoxy) is 2. The summed E-state index contributed by atoms with van der Waals surface area (Å²) in [6.07, 6.45) is -0.860. The number of anilines is 1. The van der Waals surface area contributed by atoms with E-state index in [1.54, 1.807) is 84.9 Å². The van der Waals surface area contributed by atoms with Crippen LogP contribution in [0.5, 0.6) is 5.75 Å². The van der Waals surface area contributed by atoms with Crippen molar-refractivity contribution in [3.63, 3.8) is 0 Å². The topological polar surface area (TPSA) is 117 Å². The van der Waals surface area contributed by atoms with E-state index in [2.05, 4.69) is 4.90 Å². The number of aliphatic hydroxyl groups excluding tert-OH is 1. The zero-order chi connectivity index (χ0) is 26.7. The van der Waals surface area contributed by atoms with Crippen LogP contribution in [0.25, 0.3) is 0 Å². The van der Waals surface area contributed by atoms with Gasteiger partial charge in [0, 0.05) is 19.6 Å². The molecule has 0 spiro atoms. The number of para-hydroxylation sites is 2. The molecule has 198 valence electrons. The minimum atomic E-state index is -3.87. The molecule has 1 aliphatic heterocycles. The Hall–Kier alpha value is -3.44. The minimum Gasteiger partial charge on any atom is -0.495 e. The summed E-state index contributed by atoms with van der Waals surface area (Å²) in [6.45, 7) is 2.97. The number of hydrogen-bond acceptors (Lipinski definition) is 7. The van der Waals surface area contributed by atoms with Gasteiger partial charge in [0.2, 0.25) is 0 Å². The maximum Gasteiger partial charge on any atom is 0.335 e. The molecule has 0 aliphatic carbocycles. The van der Waals surface area contributed by atoms with E-state index in [0.29, 0.717) is 36.8 Å². The van der Waals surface area contributed by atoms with Crippen LogP contribution >= 0.6 is 0 Å². The number of β-amino-alcohol motifs (C(OH)–C–C–N with tert-alkyl or cyclic N) is 1. The highest BCUT2D eigenvalue weighted by Gasteiger charge is 2.30. The first-order chi connectivity index (χ1) is 17.8. The Morgan fingerprint density at radius 3 is 2.11 bits per heavy atom. The highest BCUT2D eigenvalue weighted by molar-refractivity contribution is 7.92. The molecule has 1 fully saturated rings. The lowest BCUT2D eigenvalue weighted by atomic mass is 10.2. The molecule has 3 aromatic carbocycles. The molecule has 1 saturated heterocycles. The second-order valence-corrected chi connectivity index (χ2v) is 10.1. The molecule has 0 saturated carbocycles. The number of sulfonamides is 1. The van der Waals surface area contributed by atoms with Crippen molar-refractivity contribution in [2.75, 3.05) is 50.8 Å². The lowest BCUT2D eigenvalue weighted by Crippen LogP contribution is -2.46. The van der Waals surface area contributed by atoms with Gasteiger partial charge in [-0.3, -0.25) is 9.21 Å². The zero-order valence-corrected chi connectivity index (χ0v) is 21.5. The van der Waals surface area contributed by atoms with E-state index in [0.717, 1.165) is 13.1 Å². The van der Waals surface area contributed by atoms with Crippen LogP contribution in [-0.4, -0.2) is 82.1 Å². The van der Waals surface area contributed by atoms with Gasteiger partial charge in [0.1, 0.15) is 5.75 Å². The van der Waals surface area contributed by atoms with Crippen LogP contribution in [0.3, 0.4) is 0 Å². The number of morpholine rings is 1. The van der Waals surface area contributed by atoms with Gasteiger partial charge in [0.25, 0.3) is 10.0 Å². The molecule has 2 N–H and O–H groups in total. The molecule has 1 unspecified atom stereocenters. The van der Waals surface area contributed by atoms with Crippen molar-refractivity contribution in [3.8, 4) is 5.75 Å². The Labute approximate surface area is 217 Å². The van der Waals surface area contributed by atoms with E-state index < -0.39 is 22.1 Å². The predicted octanol–water partition coefficient (Wildman–Crippen LogP) is 2.97. The fraction of sp³-hybridized carbons (Fsp3) is 0.296. The Balaban J connectivity index is 0.000000356.